The Labute approximate surface area is 158 Å². The van der Waals surface area contributed by atoms with Crippen molar-refractivity contribution >= 4 is 34.6 Å². The number of carbonyl (C=O) groups excluding carboxylic acids is 2. The second-order valence-electron chi connectivity index (χ2n) is 6.96. The molecule has 0 fully saturated rings. The second kappa shape index (κ2) is 8.36. The molecule has 0 atom stereocenters. The third-order valence-electron chi connectivity index (χ3n) is 4.47. The predicted octanol–water partition coefficient (Wildman–Crippen LogP) is 4.40. The van der Waals surface area contributed by atoms with Crippen LogP contribution in [0.25, 0.3) is 0 Å². The first-order valence-corrected chi connectivity index (χ1v) is 9.91. The average Bonchev–Trinajstić information content (AvgIpc) is 3.12. The fourth-order valence-electron chi connectivity index (χ4n) is 3.03. The van der Waals surface area contributed by atoms with Gasteiger partial charge in [0.1, 0.15) is 0 Å². The van der Waals surface area contributed by atoms with Gasteiger partial charge in [-0.15, -0.1) is 11.3 Å². The lowest BCUT2D eigenvalue weighted by atomic mass is 9.99. The Morgan fingerprint density at radius 2 is 2.12 bits per heavy atom. The number of hydrogen-bond acceptors (Lipinski definition) is 3. The van der Waals surface area contributed by atoms with Crippen molar-refractivity contribution in [1.82, 2.24) is 5.32 Å². The van der Waals surface area contributed by atoms with E-state index >= 15 is 0 Å². The minimum absolute atomic E-state index is 0.188. The van der Waals surface area contributed by atoms with Gasteiger partial charge >= 0.3 is 6.03 Å². The summed E-state index contributed by atoms with van der Waals surface area (Å²) in [5, 5.41) is 7.73. The molecule has 0 saturated heterocycles. The molecule has 1 aromatic carbocycles. The highest BCUT2D eigenvalue weighted by Gasteiger charge is 2.24. The highest BCUT2D eigenvalue weighted by Crippen LogP contribution is 2.30. The second-order valence-corrected chi connectivity index (χ2v) is 7.99. The molecule has 0 spiro atoms. The Morgan fingerprint density at radius 3 is 2.85 bits per heavy atom. The molecule has 0 unspecified atom stereocenters. The Balaban J connectivity index is 1.64. The van der Waals surface area contributed by atoms with Crippen molar-refractivity contribution in [3.63, 3.8) is 0 Å². The molecular weight excluding hydrogens is 346 g/mol. The van der Waals surface area contributed by atoms with Crippen molar-refractivity contribution in [1.29, 1.82) is 0 Å². The van der Waals surface area contributed by atoms with Gasteiger partial charge in [0.2, 0.25) is 5.91 Å². The van der Waals surface area contributed by atoms with Crippen LogP contribution in [0.4, 0.5) is 16.2 Å². The van der Waals surface area contributed by atoms with Gasteiger partial charge in [0.25, 0.3) is 0 Å². The number of fused-ring (bicyclic) bond motifs is 1. The van der Waals surface area contributed by atoms with Crippen molar-refractivity contribution in [3.05, 3.63) is 46.2 Å². The molecule has 6 heteroatoms. The number of carbonyl (C=O) groups is 2. The number of thiophene rings is 1. The molecular formula is C20H25N3O2S. The monoisotopic (exact) mass is 371 g/mol. The molecule has 3 rings (SSSR count). The molecule has 1 aliphatic rings. The average molecular weight is 372 g/mol. The molecule has 5 nitrogen and oxygen atoms in total. The molecule has 1 aliphatic heterocycles. The smallest absolute Gasteiger partial charge is 0.319 e. The lowest BCUT2D eigenvalue weighted by molar-refractivity contribution is -0.118. The van der Waals surface area contributed by atoms with Gasteiger partial charge in [0.15, 0.2) is 0 Å². The molecule has 2 N–H and O–H groups in total. The zero-order chi connectivity index (χ0) is 18.5. The summed E-state index contributed by atoms with van der Waals surface area (Å²) in [6, 6.07) is 9.53. The van der Waals surface area contributed by atoms with Gasteiger partial charge in [-0.05, 0) is 54.0 Å². The van der Waals surface area contributed by atoms with Crippen molar-refractivity contribution in [2.45, 2.75) is 39.7 Å². The van der Waals surface area contributed by atoms with Gasteiger partial charge in [-0.1, -0.05) is 19.9 Å². The Morgan fingerprint density at radius 1 is 1.27 bits per heavy atom. The lowest BCUT2D eigenvalue weighted by Gasteiger charge is -2.30. The number of hydrogen-bond donors (Lipinski definition) is 2. The van der Waals surface area contributed by atoms with Crippen molar-refractivity contribution in [2.75, 3.05) is 16.8 Å². The summed E-state index contributed by atoms with van der Waals surface area (Å²) in [4.78, 5) is 27.4. The van der Waals surface area contributed by atoms with Crippen LogP contribution in [0.15, 0.2) is 35.7 Å². The number of rotatable bonds is 6. The quantitative estimate of drug-likeness (QED) is 0.791. The molecule has 2 heterocycles. The van der Waals surface area contributed by atoms with Crippen molar-refractivity contribution < 1.29 is 9.59 Å². The van der Waals surface area contributed by atoms with Gasteiger partial charge in [-0.2, -0.15) is 0 Å². The van der Waals surface area contributed by atoms with Gasteiger partial charge in [0.05, 0.1) is 6.54 Å². The van der Waals surface area contributed by atoms with Crippen LogP contribution in [-0.4, -0.2) is 18.5 Å². The van der Waals surface area contributed by atoms with Crippen molar-refractivity contribution in [3.8, 4) is 0 Å². The van der Waals surface area contributed by atoms with Crippen LogP contribution in [0.5, 0.6) is 0 Å². The van der Waals surface area contributed by atoms with Gasteiger partial charge < -0.3 is 15.5 Å². The van der Waals surface area contributed by atoms with E-state index in [2.05, 4.69) is 24.5 Å². The van der Waals surface area contributed by atoms with Crippen LogP contribution in [0.1, 0.15) is 37.1 Å². The molecule has 2 aromatic rings. The van der Waals surface area contributed by atoms with Crippen LogP contribution in [-0.2, 0) is 17.8 Å². The maximum atomic E-state index is 12.3. The fraction of sp³-hybridized carbons (Fsp3) is 0.400. The van der Waals surface area contributed by atoms with E-state index in [1.807, 2.05) is 40.6 Å². The number of nitrogens with one attached hydrogen (secondary N) is 2. The fourth-order valence-corrected chi connectivity index (χ4v) is 3.67. The summed E-state index contributed by atoms with van der Waals surface area (Å²) in [6.07, 6.45) is 2.23. The summed E-state index contributed by atoms with van der Waals surface area (Å²) >= 11 is 1.62. The lowest BCUT2D eigenvalue weighted by Crippen LogP contribution is -2.36. The number of anilines is 2. The molecule has 138 valence electrons. The SMILES string of the molecule is CC(C)CCN1C(=O)CCc2cc(NC(=O)NCc3cccs3)ccc21. The van der Waals surface area contributed by atoms with Gasteiger partial charge in [-0.3, -0.25) is 4.79 Å². The first kappa shape index (κ1) is 18.5. The number of nitrogens with zero attached hydrogens (tertiary/aromatic N) is 1. The van der Waals surface area contributed by atoms with E-state index in [1.54, 1.807) is 11.3 Å². The molecule has 0 bridgehead atoms. The Hall–Kier alpha value is -2.34. The summed E-state index contributed by atoms with van der Waals surface area (Å²) in [5.74, 6) is 0.744. The van der Waals surface area contributed by atoms with Crippen molar-refractivity contribution in [2.24, 2.45) is 5.92 Å². The zero-order valence-electron chi connectivity index (χ0n) is 15.2. The molecule has 0 radical (unpaired) electrons. The largest absolute Gasteiger partial charge is 0.333 e. The summed E-state index contributed by atoms with van der Waals surface area (Å²) < 4.78 is 0. The molecule has 0 saturated carbocycles. The molecule has 26 heavy (non-hydrogen) atoms. The van der Waals surface area contributed by atoms with E-state index in [4.69, 9.17) is 0 Å². The summed E-state index contributed by atoms with van der Waals surface area (Å²) in [7, 11) is 0. The normalized spacial score (nSPS) is 13.7. The number of amides is 3. The van der Waals surface area contributed by atoms with E-state index in [1.165, 1.54) is 0 Å². The molecule has 0 aliphatic carbocycles. The first-order valence-electron chi connectivity index (χ1n) is 9.03. The van der Waals surface area contributed by atoms with Crippen LogP contribution in [0.3, 0.4) is 0 Å². The minimum Gasteiger partial charge on any atom is -0.333 e. The Kier molecular flexibility index (Phi) is 5.93. The minimum atomic E-state index is -0.220. The van der Waals surface area contributed by atoms with E-state index in [0.717, 1.165) is 41.2 Å². The van der Waals surface area contributed by atoms with Crippen LogP contribution in [0, 0.1) is 5.92 Å². The van der Waals surface area contributed by atoms with E-state index < -0.39 is 0 Å². The topological polar surface area (TPSA) is 61.4 Å². The van der Waals surface area contributed by atoms with E-state index in [0.29, 0.717) is 18.9 Å². The third kappa shape index (κ3) is 4.64. The van der Waals surface area contributed by atoms with Gasteiger partial charge in [-0.25, -0.2) is 4.79 Å². The zero-order valence-corrected chi connectivity index (χ0v) is 16.1. The van der Waals surface area contributed by atoms with Crippen LogP contribution in [0.2, 0.25) is 0 Å². The Bertz CT molecular complexity index is 771. The van der Waals surface area contributed by atoms with Gasteiger partial charge in [0, 0.05) is 29.2 Å². The van der Waals surface area contributed by atoms with Crippen LogP contribution >= 0.6 is 11.3 Å². The van der Waals surface area contributed by atoms with E-state index in [9.17, 15) is 9.59 Å². The van der Waals surface area contributed by atoms with Crippen LogP contribution < -0.4 is 15.5 Å². The predicted molar refractivity (Wildman–Crippen MR) is 107 cm³/mol. The van der Waals surface area contributed by atoms with E-state index in [-0.39, 0.29) is 11.9 Å². The third-order valence-corrected chi connectivity index (χ3v) is 5.35. The molecule has 1 aromatic heterocycles. The number of benzene rings is 1. The summed E-state index contributed by atoms with van der Waals surface area (Å²) in [6.45, 7) is 5.60. The standard InChI is InChI=1S/C20H25N3O2S/c1-14(2)9-10-23-18-7-6-16(12-15(18)5-8-19(23)24)22-20(25)21-13-17-4-3-11-26-17/h3-4,6-7,11-12,14H,5,8-10,13H2,1-2H3,(H2,21,22,25). The maximum absolute atomic E-state index is 12.3. The first-order chi connectivity index (χ1) is 12.5. The molecule has 3 amide bonds. The highest BCUT2D eigenvalue weighted by atomic mass is 32.1. The number of urea groups is 1. The maximum Gasteiger partial charge on any atom is 0.319 e. The summed E-state index contributed by atoms with van der Waals surface area (Å²) in [5.41, 5.74) is 2.85. The highest BCUT2D eigenvalue weighted by molar-refractivity contribution is 7.09. The number of aryl methyl sites for hydroxylation is 1.